The van der Waals surface area contributed by atoms with Gasteiger partial charge >= 0.3 is 0 Å². The van der Waals surface area contributed by atoms with Crippen molar-refractivity contribution in [3.8, 4) is 0 Å². The van der Waals surface area contributed by atoms with Gasteiger partial charge in [-0.25, -0.2) is 0 Å². The lowest BCUT2D eigenvalue weighted by Gasteiger charge is -2.15. The lowest BCUT2D eigenvalue weighted by Crippen LogP contribution is -2.22. The molecule has 0 saturated carbocycles. The van der Waals surface area contributed by atoms with Crippen molar-refractivity contribution in [2.75, 3.05) is 6.54 Å². The molecule has 3 nitrogen and oxygen atoms in total. The third-order valence-corrected chi connectivity index (χ3v) is 2.37. The second-order valence-electron chi connectivity index (χ2n) is 3.48. The molecule has 1 aliphatic heterocycles. The quantitative estimate of drug-likeness (QED) is 0.753. The zero-order valence-electron chi connectivity index (χ0n) is 7.84. The van der Waals surface area contributed by atoms with Crippen LogP contribution in [0.5, 0.6) is 0 Å². The van der Waals surface area contributed by atoms with E-state index >= 15 is 0 Å². The van der Waals surface area contributed by atoms with Crippen LogP contribution in [0.1, 0.15) is 24.4 Å². The lowest BCUT2D eigenvalue weighted by atomic mass is 10.4. The maximum atomic E-state index is 7.65. The van der Waals surface area contributed by atoms with Crippen LogP contribution < -0.4 is 0 Å². The summed E-state index contributed by atoms with van der Waals surface area (Å²) in [4.78, 5) is 2.07. The number of furan rings is 1. The minimum atomic E-state index is 0.744. The highest BCUT2D eigenvalue weighted by molar-refractivity contribution is 5.80. The third-order valence-electron chi connectivity index (χ3n) is 2.37. The number of nitrogens with one attached hydrogen (secondary N) is 1. The van der Waals surface area contributed by atoms with Crippen LogP contribution in [0.2, 0.25) is 0 Å². The Hall–Kier alpha value is -1.25. The molecule has 1 saturated heterocycles. The van der Waals surface area contributed by atoms with Gasteiger partial charge in [-0.1, -0.05) is 0 Å². The van der Waals surface area contributed by atoms with Crippen LogP contribution in [0.25, 0.3) is 0 Å². The van der Waals surface area contributed by atoms with E-state index in [1.54, 1.807) is 0 Å². The minimum Gasteiger partial charge on any atom is -0.464 e. The number of hydrogen-bond acceptors (Lipinski definition) is 2. The summed E-state index contributed by atoms with van der Waals surface area (Å²) in [6.45, 7) is 3.70. The fourth-order valence-corrected chi connectivity index (χ4v) is 1.66. The van der Waals surface area contributed by atoms with Crippen LogP contribution in [0, 0.1) is 12.3 Å². The second-order valence-corrected chi connectivity index (χ2v) is 3.48. The first-order chi connectivity index (χ1) is 6.25. The van der Waals surface area contributed by atoms with Crippen LogP contribution in [-0.2, 0) is 6.54 Å². The maximum absolute atomic E-state index is 7.65. The van der Waals surface area contributed by atoms with Crippen LogP contribution in [0.15, 0.2) is 16.5 Å². The summed E-state index contributed by atoms with van der Waals surface area (Å²) in [6, 6.07) is 3.95. The van der Waals surface area contributed by atoms with Crippen molar-refractivity contribution in [3.05, 3.63) is 23.7 Å². The van der Waals surface area contributed by atoms with E-state index in [0.717, 1.165) is 43.3 Å². The van der Waals surface area contributed by atoms with Crippen LogP contribution in [0.4, 0.5) is 0 Å². The van der Waals surface area contributed by atoms with E-state index in [2.05, 4.69) is 4.90 Å². The van der Waals surface area contributed by atoms with Crippen molar-refractivity contribution < 1.29 is 4.42 Å². The number of amidine groups is 1. The van der Waals surface area contributed by atoms with E-state index < -0.39 is 0 Å². The molecule has 1 aromatic rings. The van der Waals surface area contributed by atoms with Crippen LogP contribution >= 0.6 is 0 Å². The van der Waals surface area contributed by atoms with Crippen molar-refractivity contribution in [3.63, 3.8) is 0 Å². The normalized spacial score (nSPS) is 17.0. The van der Waals surface area contributed by atoms with Gasteiger partial charge < -0.3 is 9.32 Å². The third kappa shape index (κ3) is 1.74. The highest BCUT2D eigenvalue weighted by Crippen LogP contribution is 2.15. The first kappa shape index (κ1) is 8.35. The van der Waals surface area contributed by atoms with Crippen molar-refractivity contribution >= 4 is 5.84 Å². The molecule has 1 N–H and O–H groups in total. The smallest absolute Gasteiger partial charge is 0.123 e. The van der Waals surface area contributed by atoms with E-state index in [1.807, 2.05) is 19.1 Å². The molecule has 0 spiro atoms. The van der Waals surface area contributed by atoms with Gasteiger partial charge in [-0.3, -0.25) is 5.41 Å². The topological polar surface area (TPSA) is 40.2 Å². The molecule has 0 aromatic carbocycles. The fourth-order valence-electron chi connectivity index (χ4n) is 1.66. The molecule has 1 aliphatic rings. The predicted octanol–water partition coefficient (Wildman–Crippen LogP) is 2.16. The Morgan fingerprint density at radius 3 is 2.92 bits per heavy atom. The molecule has 13 heavy (non-hydrogen) atoms. The van der Waals surface area contributed by atoms with E-state index in [4.69, 9.17) is 9.83 Å². The molecule has 0 unspecified atom stereocenters. The Kier molecular flexibility index (Phi) is 2.08. The van der Waals surface area contributed by atoms with Gasteiger partial charge in [-0.05, 0) is 25.5 Å². The van der Waals surface area contributed by atoms with E-state index in [-0.39, 0.29) is 0 Å². The molecule has 70 valence electrons. The average Bonchev–Trinajstić information content (AvgIpc) is 2.64. The standard InChI is InChI=1S/C10H14N2O/c1-8-4-5-9(13-8)7-12-6-2-3-10(12)11/h4-5,11H,2-3,6-7H2,1H3. The van der Waals surface area contributed by atoms with Gasteiger partial charge in [0.15, 0.2) is 0 Å². The highest BCUT2D eigenvalue weighted by Gasteiger charge is 2.17. The van der Waals surface area contributed by atoms with Crippen molar-refractivity contribution in [2.45, 2.75) is 26.3 Å². The molecule has 2 rings (SSSR count). The predicted molar refractivity (Wildman–Crippen MR) is 50.8 cm³/mol. The molecule has 0 bridgehead atoms. The summed E-state index contributed by atoms with van der Waals surface area (Å²) in [5.74, 6) is 2.65. The zero-order valence-corrected chi connectivity index (χ0v) is 7.84. The molecule has 3 heteroatoms. The first-order valence-electron chi connectivity index (χ1n) is 4.63. The monoisotopic (exact) mass is 178 g/mol. The van der Waals surface area contributed by atoms with Gasteiger partial charge in [0, 0.05) is 13.0 Å². The van der Waals surface area contributed by atoms with Gasteiger partial charge in [0.2, 0.25) is 0 Å². The summed E-state index contributed by atoms with van der Waals surface area (Å²) in [5.41, 5.74) is 0. The Bertz CT molecular complexity index is 316. The number of rotatable bonds is 2. The van der Waals surface area contributed by atoms with Gasteiger partial charge in [0.1, 0.15) is 11.5 Å². The first-order valence-corrected chi connectivity index (χ1v) is 4.63. The molecule has 1 fully saturated rings. The minimum absolute atomic E-state index is 0.744. The largest absolute Gasteiger partial charge is 0.464 e. The van der Waals surface area contributed by atoms with E-state index in [1.165, 1.54) is 0 Å². The molecule has 1 aromatic heterocycles. The summed E-state index contributed by atoms with van der Waals surface area (Å²) >= 11 is 0. The number of likely N-dealkylation sites (tertiary alicyclic amines) is 1. The molecular weight excluding hydrogens is 164 g/mol. The molecule has 0 radical (unpaired) electrons. The average molecular weight is 178 g/mol. The van der Waals surface area contributed by atoms with Crippen molar-refractivity contribution in [1.29, 1.82) is 5.41 Å². The Labute approximate surface area is 77.9 Å². The van der Waals surface area contributed by atoms with Crippen LogP contribution in [0.3, 0.4) is 0 Å². The summed E-state index contributed by atoms with van der Waals surface area (Å²) in [6.07, 6.45) is 2.03. The van der Waals surface area contributed by atoms with E-state index in [0.29, 0.717) is 0 Å². The number of hydrogen-bond donors (Lipinski definition) is 1. The maximum Gasteiger partial charge on any atom is 0.123 e. The van der Waals surface area contributed by atoms with Gasteiger partial charge in [0.05, 0.1) is 12.4 Å². The Morgan fingerprint density at radius 2 is 2.38 bits per heavy atom. The summed E-state index contributed by atoms with van der Waals surface area (Å²) in [5, 5.41) is 7.65. The summed E-state index contributed by atoms with van der Waals surface area (Å²) in [7, 11) is 0. The van der Waals surface area contributed by atoms with E-state index in [9.17, 15) is 0 Å². The fraction of sp³-hybridized carbons (Fsp3) is 0.500. The second kappa shape index (κ2) is 3.24. The molecule has 0 atom stereocenters. The van der Waals surface area contributed by atoms with Gasteiger partial charge in [-0.15, -0.1) is 0 Å². The van der Waals surface area contributed by atoms with Gasteiger partial charge in [0.25, 0.3) is 0 Å². The molecule has 0 amide bonds. The Balaban J connectivity index is 2.01. The molecule has 2 heterocycles. The Morgan fingerprint density at radius 1 is 1.54 bits per heavy atom. The summed E-state index contributed by atoms with van der Waals surface area (Å²) < 4.78 is 5.46. The number of aryl methyl sites for hydroxylation is 1. The lowest BCUT2D eigenvalue weighted by molar-refractivity contribution is 0.374. The van der Waals surface area contributed by atoms with Crippen molar-refractivity contribution in [2.24, 2.45) is 0 Å². The van der Waals surface area contributed by atoms with Crippen LogP contribution in [-0.4, -0.2) is 17.3 Å². The zero-order chi connectivity index (χ0) is 9.26. The van der Waals surface area contributed by atoms with Crippen molar-refractivity contribution in [1.82, 2.24) is 4.90 Å². The molecular formula is C10H14N2O. The highest BCUT2D eigenvalue weighted by atomic mass is 16.3. The molecule has 0 aliphatic carbocycles. The number of nitrogens with zero attached hydrogens (tertiary/aromatic N) is 1. The SMILES string of the molecule is Cc1ccc(CN2CCCC2=N)o1. The van der Waals surface area contributed by atoms with Gasteiger partial charge in [-0.2, -0.15) is 0 Å².